The molecule has 2 rings (SSSR count). The molecule has 1 amide bonds. The van der Waals surface area contributed by atoms with E-state index in [2.05, 4.69) is 10.3 Å². The van der Waals surface area contributed by atoms with Gasteiger partial charge in [0.05, 0.1) is 0 Å². The molecular weight excluding hydrogens is 222 g/mol. The van der Waals surface area contributed by atoms with Gasteiger partial charge in [-0.15, -0.1) is 11.3 Å². The maximum absolute atomic E-state index is 11.7. The normalized spacial score (nSPS) is 15.6. The van der Waals surface area contributed by atoms with Crippen LogP contribution in [0.1, 0.15) is 24.3 Å². The van der Waals surface area contributed by atoms with Gasteiger partial charge in [-0.2, -0.15) is 0 Å². The van der Waals surface area contributed by atoms with E-state index in [9.17, 15) is 4.79 Å². The predicted octanol–water partition coefficient (Wildman–Crippen LogP) is 1.25. The molecule has 1 fully saturated rings. The zero-order valence-corrected chi connectivity index (χ0v) is 10.1. The Hall–Kier alpha value is -0.940. The third kappa shape index (κ3) is 3.28. The van der Waals surface area contributed by atoms with Gasteiger partial charge in [0.2, 0.25) is 5.91 Å². The van der Waals surface area contributed by atoms with Crippen LogP contribution in [0.5, 0.6) is 0 Å². The Labute approximate surface area is 99.7 Å². The molecule has 0 atom stereocenters. The molecule has 0 spiro atoms. The number of nitrogens with one attached hydrogen (secondary N) is 1. The van der Waals surface area contributed by atoms with Crippen LogP contribution in [0.15, 0.2) is 11.6 Å². The first-order valence-corrected chi connectivity index (χ1v) is 6.61. The van der Waals surface area contributed by atoms with Crippen LogP contribution in [0.4, 0.5) is 0 Å². The monoisotopic (exact) mass is 239 g/mol. The molecule has 1 aliphatic heterocycles. The van der Waals surface area contributed by atoms with Gasteiger partial charge in [0, 0.05) is 44.2 Å². The topological polar surface area (TPSA) is 45.2 Å². The molecule has 5 heteroatoms. The fourth-order valence-corrected chi connectivity index (χ4v) is 2.44. The summed E-state index contributed by atoms with van der Waals surface area (Å²) < 4.78 is 0. The maximum Gasteiger partial charge on any atom is 0.223 e. The standard InChI is InChI=1S/C11H17N3OS/c15-11(14-6-1-2-7-14)3-4-12-9-10-13-5-8-16-10/h5,8,12H,1-4,6-7,9H2. The van der Waals surface area contributed by atoms with E-state index in [1.807, 2.05) is 10.3 Å². The van der Waals surface area contributed by atoms with Crippen molar-refractivity contribution in [2.75, 3.05) is 19.6 Å². The van der Waals surface area contributed by atoms with Crippen LogP contribution in [-0.2, 0) is 11.3 Å². The molecule has 0 radical (unpaired) electrons. The molecule has 0 aromatic carbocycles. The van der Waals surface area contributed by atoms with E-state index in [0.717, 1.165) is 44.0 Å². The Morgan fingerprint density at radius 2 is 2.31 bits per heavy atom. The smallest absolute Gasteiger partial charge is 0.223 e. The van der Waals surface area contributed by atoms with Gasteiger partial charge in [-0.25, -0.2) is 4.98 Å². The molecule has 1 aliphatic rings. The molecule has 1 aromatic rings. The number of nitrogens with zero attached hydrogens (tertiary/aromatic N) is 2. The SMILES string of the molecule is O=C(CCNCc1nccs1)N1CCCC1. The van der Waals surface area contributed by atoms with Crippen molar-refractivity contribution in [1.29, 1.82) is 0 Å². The van der Waals surface area contributed by atoms with E-state index in [0.29, 0.717) is 6.42 Å². The van der Waals surface area contributed by atoms with Gasteiger partial charge in [0.1, 0.15) is 5.01 Å². The summed E-state index contributed by atoms with van der Waals surface area (Å²) in [6.45, 7) is 3.41. The first-order valence-electron chi connectivity index (χ1n) is 5.73. The van der Waals surface area contributed by atoms with Gasteiger partial charge in [0.15, 0.2) is 0 Å². The number of carbonyl (C=O) groups is 1. The zero-order valence-electron chi connectivity index (χ0n) is 9.32. The van der Waals surface area contributed by atoms with Crippen molar-refractivity contribution in [3.05, 3.63) is 16.6 Å². The van der Waals surface area contributed by atoms with E-state index in [1.54, 1.807) is 17.5 Å². The van der Waals surface area contributed by atoms with Crippen LogP contribution in [0.3, 0.4) is 0 Å². The molecule has 0 unspecified atom stereocenters. The minimum Gasteiger partial charge on any atom is -0.343 e. The summed E-state index contributed by atoms with van der Waals surface area (Å²) >= 11 is 1.64. The molecule has 1 N–H and O–H groups in total. The first-order chi connectivity index (χ1) is 7.86. The largest absolute Gasteiger partial charge is 0.343 e. The molecule has 0 bridgehead atoms. The van der Waals surface area contributed by atoms with Crippen molar-refractivity contribution in [1.82, 2.24) is 15.2 Å². The lowest BCUT2D eigenvalue weighted by molar-refractivity contribution is -0.130. The predicted molar refractivity (Wildman–Crippen MR) is 64.3 cm³/mol. The van der Waals surface area contributed by atoms with Crippen molar-refractivity contribution < 1.29 is 4.79 Å². The van der Waals surface area contributed by atoms with Gasteiger partial charge in [0.25, 0.3) is 0 Å². The number of hydrogen-bond donors (Lipinski definition) is 1. The van der Waals surface area contributed by atoms with Crippen LogP contribution in [0.2, 0.25) is 0 Å². The highest BCUT2D eigenvalue weighted by Gasteiger charge is 2.16. The van der Waals surface area contributed by atoms with Crippen molar-refractivity contribution >= 4 is 17.2 Å². The lowest BCUT2D eigenvalue weighted by atomic mass is 10.3. The number of amides is 1. The van der Waals surface area contributed by atoms with E-state index < -0.39 is 0 Å². The van der Waals surface area contributed by atoms with Crippen LogP contribution in [-0.4, -0.2) is 35.4 Å². The van der Waals surface area contributed by atoms with Crippen molar-refractivity contribution in [2.45, 2.75) is 25.8 Å². The van der Waals surface area contributed by atoms with E-state index >= 15 is 0 Å². The molecule has 1 aromatic heterocycles. The third-order valence-electron chi connectivity index (χ3n) is 2.73. The number of likely N-dealkylation sites (tertiary alicyclic amines) is 1. The van der Waals surface area contributed by atoms with Crippen LogP contribution in [0.25, 0.3) is 0 Å². The van der Waals surface area contributed by atoms with E-state index in [1.165, 1.54) is 0 Å². The van der Waals surface area contributed by atoms with Crippen molar-refractivity contribution in [2.24, 2.45) is 0 Å². The minimum atomic E-state index is 0.282. The molecule has 0 saturated carbocycles. The zero-order chi connectivity index (χ0) is 11.2. The minimum absolute atomic E-state index is 0.282. The van der Waals surface area contributed by atoms with Crippen molar-refractivity contribution in [3.8, 4) is 0 Å². The summed E-state index contributed by atoms with van der Waals surface area (Å²) in [5.74, 6) is 0.282. The lowest BCUT2D eigenvalue weighted by Gasteiger charge is -2.14. The highest BCUT2D eigenvalue weighted by atomic mass is 32.1. The summed E-state index contributed by atoms with van der Waals surface area (Å²) in [6.07, 6.45) is 4.74. The Balaban J connectivity index is 1.59. The number of rotatable bonds is 5. The van der Waals surface area contributed by atoms with Gasteiger partial charge in [-0.1, -0.05) is 0 Å². The Bertz CT molecular complexity index is 320. The van der Waals surface area contributed by atoms with Gasteiger partial charge < -0.3 is 10.2 Å². The average Bonchev–Trinajstić information content (AvgIpc) is 2.96. The molecule has 0 aliphatic carbocycles. The lowest BCUT2D eigenvalue weighted by Crippen LogP contribution is -2.30. The fourth-order valence-electron chi connectivity index (χ4n) is 1.86. The van der Waals surface area contributed by atoms with Gasteiger partial charge in [-0.3, -0.25) is 4.79 Å². The number of aromatic nitrogens is 1. The van der Waals surface area contributed by atoms with Crippen molar-refractivity contribution in [3.63, 3.8) is 0 Å². The molecule has 16 heavy (non-hydrogen) atoms. The molecule has 4 nitrogen and oxygen atoms in total. The fraction of sp³-hybridized carbons (Fsp3) is 0.636. The number of hydrogen-bond acceptors (Lipinski definition) is 4. The molecular formula is C11H17N3OS. The summed E-state index contributed by atoms with van der Waals surface area (Å²) in [5.41, 5.74) is 0. The molecule has 2 heterocycles. The second kappa shape index (κ2) is 5.96. The Morgan fingerprint density at radius 1 is 1.50 bits per heavy atom. The summed E-state index contributed by atoms with van der Waals surface area (Å²) in [7, 11) is 0. The van der Waals surface area contributed by atoms with Gasteiger partial charge >= 0.3 is 0 Å². The van der Waals surface area contributed by atoms with Crippen LogP contribution < -0.4 is 5.32 Å². The van der Waals surface area contributed by atoms with Crippen LogP contribution >= 0.6 is 11.3 Å². The van der Waals surface area contributed by atoms with Gasteiger partial charge in [-0.05, 0) is 12.8 Å². The molecule has 1 saturated heterocycles. The summed E-state index contributed by atoms with van der Waals surface area (Å²) in [5, 5.41) is 6.28. The number of carbonyl (C=O) groups excluding carboxylic acids is 1. The average molecular weight is 239 g/mol. The second-order valence-corrected chi connectivity index (χ2v) is 4.92. The van der Waals surface area contributed by atoms with E-state index in [-0.39, 0.29) is 5.91 Å². The summed E-state index contributed by atoms with van der Waals surface area (Å²) in [4.78, 5) is 17.8. The highest BCUT2D eigenvalue weighted by Crippen LogP contribution is 2.08. The Morgan fingerprint density at radius 3 is 3.00 bits per heavy atom. The molecule has 88 valence electrons. The van der Waals surface area contributed by atoms with E-state index in [4.69, 9.17) is 0 Å². The second-order valence-electron chi connectivity index (χ2n) is 3.94. The summed E-state index contributed by atoms with van der Waals surface area (Å²) in [6, 6.07) is 0. The Kier molecular flexibility index (Phi) is 4.30. The maximum atomic E-state index is 11.7. The highest BCUT2D eigenvalue weighted by molar-refractivity contribution is 7.09. The quantitative estimate of drug-likeness (QED) is 0.786. The first kappa shape index (κ1) is 11.5. The van der Waals surface area contributed by atoms with Crippen LogP contribution in [0, 0.1) is 0 Å². The third-order valence-corrected chi connectivity index (χ3v) is 3.51. The number of thiazole rings is 1.